The zero-order chi connectivity index (χ0) is 8.10. The molecule has 1 aliphatic rings. The summed E-state index contributed by atoms with van der Waals surface area (Å²) >= 11 is 2.22. The Morgan fingerprint density at radius 2 is 1.91 bits per heavy atom. The van der Waals surface area contributed by atoms with Gasteiger partial charge in [-0.05, 0) is 30.9 Å². The van der Waals surface area contributed by atoms with Gasteiger partial charge in [0.05, 0.1) is 0 Å². The summed E-state index contributed by atoms with van der Waals surface area (Å²) in [5.41, 5.74) is 0. The van der Waals surface area contributed by atoms with Crippen LogP contribution in [0.3, 0.4) is 0 Å². The van der Waals surface area contributed by atoms with Crippen molar-refractivity contribution in [1.82, 2.24) is 0 Å². The molecule has 1 fully saturated rings. The molecule has 0 aromatic carbocycles. The number of thioether (sulfide) groups is 1. The van der Waals surface area contributed by atoms with Crippen LogP contribution in [0.25, 0.3) is 0 Å². The monoisotopic (exact) mass is 172 g/mol. The standard InChI is InChI=1S/C10H20S/c1-3-5-9-7-8-11-10(9)6-4-2/h9-10H,3-8H2,1-2H3. The molecule has 0 aromatic heterocycles. The minimum atomic E-state index is 1.01. The molecule has 0 aliphatic carbocycles. The summed E-state index contributed by atoms with van der Waals surface area (Å²) in [6.45, 7) is 4.62. The van der Waals surface area contributed by atoms with Gasteiger partial charge < -0.3 is 0 Å². The van der Waals surface area contributed by atoms with Gasteiger partial charge in [0, 0.05) is 5.25 Å². The molecule has 2 unspecified atom stereocenters. The molecule has 1 aliphatic heterocycles. The van der Waals surface area contributed by atoms with E-state index < -0.39 is 0 Å². The molecule has 11 heavy (non-hydrogen) atoms. The van der Waals surface area contributed by atoms with Crippen molar-refractivity contribution in [3.8, 4) is 0 Å². The van der Waals surface area contributed by atoms with Crippen molar-refractivity contribution >= 4 is 11.8 Å². The highest BCUT2D eigenvalue weighted by Crippen LogP contribution is 2.37. The lowest BCUT2D eigenvalue weighted by atomic mass is 9.95. The van der Waals surface area contributed by atoms with E-state index in [-0.39, 0.29) is 0 Å². The first kappa shape index (κ1) is 9.44. The van der Waals surface area contributed by atoms with Crippen LogP contribution in [-0.4, -0.2) is 11.0 Å². The van der Waals surface area contributed by atoms with Crippen LogP contribution >= 0.6 is 11.8 Å². The minimum absolute atomic E-state index is 1.01. The molecule has 0 nitrogen and oxygen atoms in total. The Labute approximate surface area is 75.1 Å². The van der Waals surface area contributed by atoms with Crippen LogP contribution in [0.4, 0.5) is 0 Å². The molecule has 0 radical (unpaired) electrons. The molecule has 66 valence electrons. The molecule has 1 heteroatoms. The molecule has 1 heterocycles. The van der Waals surface area contributed by atoms with Gasteiger partial charge in [-0.2, -0.15) is 11.8 Å². The third kappa shape index (κ3) is 2.70. The second-order valence-corrected chi connectivity index (χ2v) is 4.88. The lowest BCUT2D eigenvalue weighted by molar-refractivity contribution is 0.451. The second kappa shape index (κ2) is 5.08. The normalized spacial score (nSPS) is 31.1. The molecule has 0 N–H and O–H groups in total. The van der Waals surface area contributed by atoms with Crippen molar-refractivity contribution in [2.75, 3.05) is 5.75 Å². The fourth-order valence-corrected chi connectivity index (χ4v) is 3.69. The maximum atomic E-state index is 2.31. The van der Waals surface area contributed by atoms with E-state index in [0.717, 1.165) is 11.2 Å². The lowest BCUT2D eigenvalue weighted by Crippen LogP contribution is -2.10. The maximum absolute atomic E-state index is 2.31. The van der Waals surface area contributed by atoms with E-state index in [1.165, 1.54) is 37.9 Å². The summed E-state index contributed by atoms with van der Waals surface area (Å²) in [5.74, 6) is 2.49. The predicted octanol–water partition coefficient (Wildman–Crippen LogP) is 3.71. The van der Waals surface area contributed by atoms with Gasteiger partial charge in [-0.15, -0.1) is 0 Å². The highest BCUT2D eigenvalue weighted by molar-refractivity contribution is 8.00. The average Bonchev–Trinajstić information content (AvgIpc) is 2.39. The van der Waals surface area contributed by atoms with Crippen LogP contribution in [0, 0.1) is 5.92 Å². The van der Waals surface area contributed by atoms with Crippen LogP contribution in [-0.2, 0) is 0 Å². The number of hydrogen-bond donors (Lipinski definition) is 0. The zero-order valence-electron chi connectivity index (χ0n) is 7.81. The fourth-order valence-electron chi connectivity index (χ4n) is 2.00. The first-order valence-electron chi connectivity index (χ1n) is 5.00. The smallest absolute Gasteiger partial charge is 0.00755 e. The molecular formula is C10H20S. The van der Waals surface area contributed by atoms with Crippen LogP contribution < -0.4 is 0 Å². The first-order valence-corrected chi connectivity index (χ1v) is 6.05. The zero-order valence-corrected chi connectivity index (χ0v) is 8.62. The Morgan fingerprint density at radius 1 is 1.18 bits per heavy atom. The van der Waals surface area contributed by atoms with Crippen LogP contribution in [0.1, 0.15) is 46.0 Å². The quantitative estimate of drug-likeness (QED) is 0.623. The van der Waals surface area contributed by atoms with Crippen LogP contribution in [0.5, 0.6) is 0 Å². The summed E-state index contributed by atoms with van der Waals surface area (Å²) in [5, 5.41) is 1.01. The molecule has 0 saturated carbocycles. The third-order valence-corrected chi connectivity index (χ3v) is 4.10. The van der Waals surface area contributed by atoms with Gasteiger partial charge in [0.25, 0.3) is 0 Å². The summed E-state index contributed by atoms with van der Waals surface area (Å²) in [6.07, 6.45) is 7.17. The van der Waals surface area contributed by atoms with E-state index in [0.29, 0.717) is 0 Å². The third-order valence-electron chi connectivity index (χ3n) is 2.58. The first-order chi connectivity index (χ1) is 5.38. The van der Waals surface area contributed by atoms with Crippen molar-refractivity contribution in [3.63, 3.8) is 0 Å². The SMILES string of the molecule is CCCC1CCSC1CCC. The van der Waals surface area contributed by atoms with Crippen molar-refractivity contribution < 1.29 is 0 Å². The summed E-state index contributed by atoms with van der Waals surface area (Å²) < 4.78 is 0. The largest absolute Gasteiger partial charge is 0.158 e. The van der Waals surface area contributed by atoms with Gasteiger partial charge in [-0.3, -0.25) is 0 Å². The predicted molar refractivity (Wildman–Crippen MR) is 54.2 cm³/mol. The van der Waals surface area contributed by atoms with Gasteiger partial charge >= 0.3 is 0 Å². The van der Waals surface area contributed by atoms with Crippen molar-refractivity contribution in [1.29, 1.82) is 0 Å². The van der Waals surface area contributed by atoms with E-state index in [1.54, 1.807) is 0 Å². The highest BCUT2D eigenvalue weighted by Gasteiger charge is 2.25. The molecule has 0 spiro atoms. The van der Waals surface area contributed by atoms with E-state index in [4.69, 9.17) is 0 Å². The van der Waals surface area contributed by atoms with E-state index in [9.17, 15) is 0 Å². The van der Waals surface area contributed by atoms with E-state index >= 15 is 0 Å². The minimum Gasteiger partial charge on any atom is -0.158 e. The Balaban J connectivity index is 2.25. The van der Waals surface area contributed by atoms with Gasteiger partial charge in [0.1, 0.15) is 0 Å². The lowest BCUT2D eigenvalue weighted by Gasteiger charge is -2.16. The summed E-state index contributed by atoms with van der Waals surface area (Å²) in [6, 6.07) is 0. The topological polar surface area (TPSA) is 0 Å². The maximum Gasteiger partial charge on any atom is 0.00755 e. The van der Waals surface area contributed by atoms with E-state index in [1.807, 2.05) is 0 Å². The van der Waals surface area contributed by atoms with Crippen molar-refractivity contribution in [2.24, 2.45) is 5.92 Å². The Bertz CT molecular complexity index is 89.0. The van der Waals surface area contributed by atoms with Crippen LogP contribution in [0.15, 0.2) is 0 Å². The van der Waals surface area contributed by atoms with Gasteiger partial charge in [0.2, 0.25) is 0 Å². The number of hydrogen-bond acceptors (Lipinski definition) is 1. The van der Waals surface area contributed by atoms with Crippen molar-refractivity contribution in [3.05, 3.63) is 0 Å². The molecule has 1 saturated heterocycles. The van der Waals surface area contributed by atoms with Gasteiger partial charge in [-0.1, -0.05) is 26.7 Å². The molecule has 0 amide bonds. The Kier molecular flexibility index (Phi) is 4.36. The molecule has 0 bridgehead atoms. The fraction of sp³-hybridized carbons (Fsp3) is 1.00. The average molecular weight is 172 g/mol. The molecule has 0 aromatic rings. The molecule has 2 atom stereocenters. The molecule has 1 rings (SSSR count). The van der Waals surface area contributed by atoms with E-state index in [2.05, 4.69) is 25.6 Å². The Morgan fingerprint density at radius 3 is 2.55 bits per heavy atom. The summed E-state index contributed by atoms with van der Waals surface area (Å²) in [4.78, 5) is 0. The van der Waals surface area contributed by atoms with Gasteiger partial charge in [-0.25, -0.2) is 0 Å². The van der Waals surface area contributed by atoms with Gasteiger partial charge in [0.15, 0.2) is 0 Å². The Hall–Kier alpha value is 0.350. The molecular weight excluding hydrogens is 152 g/mol. The number of rotatable bonds is 4. The second-order valence-electron chi connectivity index (χ2n) is 3.54. The summed E-state index contributed by atoms with van der Waals surface area (Å²) in [7, 11) is 0. The highest BCUT2D eigenvalue weighted by atomic mass is 32.2. The van der Waals surface area contributed by atoms with Crippen molar-refractivity contribution in [2.45, 2.75) is 51.2 Å². The van der Waals surface area contributed by atoms with Crippen LogP contribution in [0.2, 0.25) is 0 Å².